The van der Waals surface area contributed by atoms with Gasteiger partial charge in [-0.1, -0.05) is 23.7 Å². The van der Waals surface area contributed by atoms with Crippen LogP contribution in [0.25, 0.3) is 0 Å². The summed E-state index contributed by atoms with van der Waals surface area (Å²) in [6, 6.07) is 6.73. The lowest BCUT2D eigenvalue weighted by molar-refractivity contribution is -0.138. The number of carboxylic acids is 1. The first-order valence-electron chi connectivity index (χ1n) is 6.07. The van der Waals surface area contributed by atoms with E-state index in [2.05, 4.69) is 16.7 Å². The number of nitrogens with zero attached hydrogens (tertiary/aromatic N) is 2. The molecule has 0 aliphatic carbocycles. The van der Waals surface area contributed by atoms with Gasteiger partial charge < -0.3 is 5.11 Å². The Kier molecular flexibility index (Phi) is 4.65. The minimum absolute atomic E-state index is 0.414. The Morgan fingerprint density at radius 1 is 1.29 bits per heavy atom. The van der Waals surface area contributed by atoms with Crippen LogP contribution in [0.5, 0.6) is 0 Å². The average molecular weight is 307 g/mol. The zero-order valence-electron chi connectivity index (χ0n) is 10.9. The maximum absolute atomic E-state index is 13.4. The van der Waals surface area contributed by atoms with Crippen molar-refractivity contribution in [3.05, 3.63) is 64.7 Å². The molecule has 0 aliphatic heterocycles. The predicted octanol–water partition coefficient (Wildman–Crippen LogP) is 3.16. The van der Waals surface area contributed by atoms with E-state index in [1.54, 1.807) is 24.3 Å². The number of pyridine rings is 1. The third-order valence-electron chi connectivity index (χ3n) is 3.08. The highest BCUT2D eigenvalue weighted by Gasteiger charge is 2.30. The second-order valence-electron chi connectivity index (χ2n) is 4.43. The van der Waals surface area contributed by atoms with Crippen LogP contribution < -0.4 is 0 Å². The van der Waals surface area contributed by atoms with E-state index in [1.165, 1.54) is 12.3 Å². The van der Waals surface area contributed by atoms with Gasteiger partial charge in [0.2, 0.25) is 0 Å². The van der Waals surface area contributed by atoms with Crippen molar-refractivity contribution in [2.75, 3.05) is 0 Å². The zero-order valence-corrected chi connectivity index (χ0v) is 11.7. The zero-order chi connectivity index (χ0) is 15.4. The largest absolute Gasteiger partial charge is 0.480 e. The van der Waals surface area contributed by atoms with Crippen LogP contribution in [0.2, 0.25) is 5.02 Å². The lowest BCUT2D eigenvalue weighted by Gasteiger charge is -2.21. The van der Waals surface area contributed by atoms with Crippen LogP contribution in [-0.4, -0.2) is 28.8 Å². The van der Waals surface area contributed by atoms with E-state index < -0.39 is 23.7 Å². The number of carboxylic acid groups (broad SMARTS) is 1. The summed E-state index contributed by atoms with van der Waals surface area (Å²) in [5.41, 5.74) is 1.06. The first-order chi connectivity index (χ1) is 10.0. The van der Waals surface area contributed by atoms with E-state index in [9.17, 15) is 14.3 Å². The van der Waals surface area contributed by atoms with Gasteiger partial charge in [0.05, 0.1) is 6.20 Å². The molecular formula is C15H12ClFN2O2. The number of hydrogen-bond acceptors (Lipinski definition) is 3. The van der Waals surface area contributed by atoms with Crippen LogP contribution >= 0.6 is 11.6 Å². The van der Waals surface area contributed by atoms with Crippen molar-refractivity contribution in [1.29, 1.82) is 0 Å². The summed E-state index contributed by atoms with van der Waals surface area (Å²) in [4.78, 5) is 18.8. The highest BCUT2D eigenvalue weighted by atomic mass is 35.5. The summed E-state index contributed by atoms with van der Waals surface area (Å²) in [6.45, 7) is 3.32. The van der Waals surface area contributed by atoms with Gasteiger partial charge in [0.25, 0.3) is 0 Å². The number of benzene rings is 1. The van der Waals surface area contributed by atoms with Crippen molar-refractivity contribution in [1.82, 2.24) is 4.98 Å². The quantitative estimate of drug-likeness (QED) is 0.863. The summed E-state index contributed by atoms with van der Waals surface area (Å²) in [6.07, 6.45) is 2.48. The van der Waals surface area contributed by atoms with Crippen molar-refractivity contribution in [2.24, 2.45) is 4.99 Å². The molecule has 0 spiro atoms. The van der Waals surface area contributed by atoms with Gasteiger partial charge >= 0.3 is 5.97 Å². The fraction of sp³-hybridized carbons (Fsp3) is 0.133. The van der Waals surface area contributed by atoms with Gasteiger partial charge in [0.15, 0.2) is 6.04 Å². The number of hydrogen-bond donors (Lipinski definition) is 1. The number of carbonyl (C=O) groups is 1. The summed E-state index contributed by atoms with van der Waals surface area (Å²) < 4.78 is 13.4. The molecule has 1 aromatic heterocycles. The minimum atomic E-state index is -1.14. The molecule has 0 amide bonds. The molecule has 21 heavy (non-hydrogen) atoms. The van der Waals surface area contributed by atoms with E-state index in [0.717, 1.165) is 6.20 Å². The third-order valence-corrected chi connectivity index (χ3v) is 3.33. The molecule has 6 heteroatoms. The molecular weight excluding hydrogens is 295 g/mol. The van der Waals surface area contributed by atoms with Crippen molar-refractivity contribution < 1.29 is 14.3 Å². The minimum Gasteiger partial charge on any atom is -0.480 e. The molecule has 0 aliphatic rings. The smallest absolute Gasteiger partial charge is 0.329 e. The lowest BCUT2D eigenvalue weighted by Crippen LogP contribution is -2.27. The fourth-order valence-electron chi connectivity index (χ4n) is 2.15. The molecule has 4 nitrogen and oxygen atoms in total. The fourth-order valence-corrected chi connectivity index (χ4v) is 2.28. The second-order valence-corrected chi connectivity index (χ2v) is 4.87. The SMILES string of the molecule is C=N[C@H](C(=O)O)[C@@H](c1ccc(Cl)cc1)c1cncc(F)c1. The molecule has 1 N–H and O–H groups in total. The van der Waals surface area contributed by atoms with Crippen molar-refractivity contribution >= 4 is 24.3 Å². The highest BCUT2D eigenvalue weighted by Crippen LogP contribution is 2.30. The van der Waals surface area contributed by atoms with Gasteiger partial charge in [-0.25, -0.2) is 9.18 Å². The van der Waals surface area contributed by atoms with E-state index in [0.29, 0.717) is 16.1 Å². The molecule has 0 unspecified atom stereocenters. The molecule has 2 aromatic rings. The molecule has 0 saturated heterocycles. The first-order valence-corrected chi connectivity index (χ1v) is 6.45. The Morgan fingerprint density at radius 3 is 2.48 bits per heavy atom. The Hall–Kier alpha value is -2.27. The van der Waals surface area contributed by atoms with E-state index in [4.69, 9.17) is 11.6 Å². The van der Waals surface area contributed by atoms with Crippen LogP contribution in [0.4, 0.5) is 4.39 Å². The number of aliphatic carboxylic acids is 1. The summed E-state index contributed by atoms with van der Waals surface area (Å²) in [5, 5.41) is 9.84. The molecule has 0 radical (unpaired) electrons. The molecule has 108 valence electrons. The lowest BCUT2D eigenvalue weighted by atomic mass is 9.86. The van der Waals surface area contributed by atoms with Gasteiger partial charge in [-0.2, -0.15) is 0 Å². The molecule has 2 atom stereocenters. The van der Waals surface area contributed by atoms with Gasteiger partial charge in [-0.15, -0.1) is 0 Å². The normalized spacial score (nSPS) is 13.4. The van der Waals surface area contributed by atoms with Crippen molar-refractivity contribution in [3.8, 4) is 0 Å². The van der Waals surface area contributed by atoms with Crippen LogP contribution in [-0.2, 0) is 4.79 Å². The number of aliphatic imine (C=N–C) groups is 1. The Morgan fingerprint density at radius 2 is 1.95 bits per heavy atom. The van der Waals surface area contributed by atoms with E-state index >= 15 is 0 Å². The number of rotatable bonds is 5. The van der Waals surface area contributed by atoms with Crippen LogP contribution in [0.1, 0.15) is 17.0 Å². The van der Waals surface area contributed by atoms with Gasteiger partial charge in [-0.3, -0.25) is 9.98 Å². The Bertz CT molecular complexity index is 661. The van der Waals surface area contributed by atoms with E-state index in [1.807, 2.05) is 0 Å². The highest BCUT2D eigenvalue weighted by molar-refractivity contribution is 6.30. The summed E-state index contributed by atoms with van der Waals surface area (Å²) in [7, 11) is 0. The predicted molar refractivity (Wildman–Crippen MR) is 78.5 cm³/mol. The van der Waals surface area contributed by atoms with Gasteiger partial charge in [0.1, 0.15) is 5.82 Å². The van der Waals surface area contributed by atoms with Crippen molar-refractivity contribution in [2.45, 2.75) is 12.0 Å². The molecule has 1 heterocycles. The van der Waals surface area contributed by atoms with Gasteiger partial charge in [-0.05, 0) is 36.0 Å². The van der Waals surface area contributed by atoms with E-state index in [-0.39, 0.29) is 0 Å². The Labute approximate surface area is 125 Å². The maximum Gasteiger partial charge on any atom is 0.329 e. The van der Waals surface area contributed by atoms with Crippen LogP contribution in [0.3, 0.4) is 0 Å². The standard InChI is InChI=1S/C15H12ClFN2O2/c1-18-14(15(20)21)13(9-2-4-11(16)5-3-9)10-6-12(17)8-19-7-10/h2-8,13-14H,1H2,(H,20,21)/t13-,14-/m0/s1. The topological polar surface area (TPSA) is 62.5 Å². The average Bonchev–Trinajstić information content (AvgIpc) is 2.45. The monoisotopic (exact) mass is 306 g/mol. The first kappa shape index (κ1) is 15.1. The summed E-state index contributed by atoms with van der Waals surface area (Å²) in [5.74, 6) is -2.38. The van der Waals surface area contributed by atoms with Crippen LogP contribution in [0, 0.1) is 5.82 Å². The van der Waals surface area contributed by atoms with Gasteiger partial charge in [0, 0.05) is 17.1 Å². The molecule has 1 aromatic carbocycles. The molecule has 0 bridgehead atoms. The third kappa shape index (κ3) is 3.44. The second kappa shape index (κ2) is 6.45. The Balaban J connectivity index is 2.55. The summed E-state index contributed by atoms with van der Waals surface area (Å²) >= 11 is 5.84. The maximum atomic E-state index is 13.4. The van der Waals surface area contributed by atoms with Crippen molar-refractivity contribution in [3.63, 3.8) is 0 Å². The molecule has 0 fully saturated rings. The number of halogens is 2. The molecule has 0 saturated carbocycles. The van der Waals surface area contributed by atoms with Crippen LogP contribution in [0.15, 0.2) is 47.7 Å². The number of aromatic nitrogens is 1. The molecule has 2 rings (SSSR count).